The van der Waals surface area contributed by atoms with Gasteiger partial charge in [-0.15, -0.1) is 0 Å². The fourth-order valence-corrected chi connectivity index (χ4v) is 5.59. The number of benzene rings is 1. The number of quaternary nitrogens is 1. The molecule has 160 valence electrons. The number of nitrogens with zero attached hydrogens (tertiary/aromatic N) is 1. The van der Waals surface area contributed by atoms with Gasteiger partial charge in [-0.25, -0.2) is 4.79 Å². The van der Waals surface area contributed by atoms with Crippen molar-refractivity contribution in [2.75, 3.05) is 25.8 Å². The zero-order chi connectivity index (χ0) is 21.0. The fraction of sp³-hybridized carbons (Fsp3) is 0.708. The van der Waals surface area contributed by atoms with Crippen LogP contribution < -0.4 is 5.30 Å². The van der Waals surface area contributed by atoms with Gasteiger partial charge in [0.15, 0.2) is 0 Å². The number of unbranched alkanes of at least 4 members (excludes halogenated alkanes) is 5. The molecule has 1 aromatic rings. The van der Waals surface area contributed by atoms with Crippen LogP contribution in [-0.4, -0.2) is 36.2 Å². The highest BCUT2D eigenvalue weighted by molar-refractivity contribution is 7.54. The quantitative estimate of drug-likeness (QED) is 0.219. The van der Waals surface area contributed by atoms with E-state index in [9.17, 15) is 9.36 Å². The van der Waals surface area contributed by atoms with Gasteiger partial charge in [0.05, 0.1) is 19.6 Å². The standard InChI is InChI=1S/C24H43NO2P/c1-6-7-8-9-10-14-17-25(18-21(2)3,19-22(4)5)24(26)20-28(27)23-15-12-11-13-16-23/h11-13,15-16,21-22,28H,6-10,14,17-20H2,1-5H3/q+1. The van der Waals surface area contributed by atoms with Crippen LogP contribution in [0.25, 0.3) is 0 Å². The van der Waals surface area contributed by atoms with Crippen molar-refractivity contribution >= 4 is 19.0 Å². The summed E-state index contributed by atoms with van der Waals surface area (Å²) in [6, 6.07) is 9.52. The molecule has 0 saturated carbocycles. The summed E-state index contributed by atoms with van der Waals surface area (Å²) in [5.74, 6) is 1.08. The smallest absolute Gasteiger partial charge is 0.321 e. The van der Waals surface area contributed by atoms with Crippen LogP contribution in [-0.2, 0) is 9.36 Å². The average Bonchev–Trinajstić information content (AvgIpc) is 2.64. The second-order valence-electron chi connectivity index (χ2n) is 9.15. The Balaban J connectivity index is 2.89. The Kier molecular flexibility index (Phi) is 12.0. The van der Waals surface area contributed by atoms with E-state index in [4.69, 9.17) is 0 Å². The lowest BCUT2D eigenvalue weighted by Crippen LogP contribution is -2.58. The largest absolute Gasteiger partial charge is 0.321 e. The second kappa shape index (κ2) is 13.3. The minimum atomic E-state index is -2.08. The van der Waals surface area contributed by atoms with E-state index < -0.39 is 7.80 Å². The molecule has 0 spiro atoms. The van der Waals surface area contributed by atoms with Crippen molar-refractivity contribution in [3.63, 3.8) is 0 Å². The Morgan fingerprint density at radius 3 is 1.96 bits per heavy atom. The van der Waals surface area contributed by atoms with Gasteiger partial charge >= 0.3 is 5.91 Å². The monoisotopic (exact) mass is 408 g/mol. The van der Waals surface area contributed by atoms with E-state index in [0.29, 0.717) is 16.3 Å². The third-order valence-electron chi connectivity index (χ3n) is 5.31. The van der Waals surface area contributed by atoms with Crippen LogP contribution >= 0.6 is 7.80 Å². The zero-order valence-corrected chi connectivity index (χ0v) is 19.9. The first-order chi connectivity index (χ1) is 13.3. The molecule has 0 N–H and O–H groups in total. The molecule has 1 unspecified atom stereocenters. The van der Waals surface area contributed by atoms with Crippen LogP contribution in [0.4, 0.5) is 0 Å². The van der Waals surface area contributed by atoms with Crippen LogP contribution in [0.1, 0.15) is 73.1 Å². The second-order valence-corrected chi connectivity index (χ2v) is 10.9. The predicted molar refractivity (Wildman–Crippen MR) is 123 cm³/mol. The molecule has 3 nitrogen and oxygen atoms in total. The van der Waals surface area contributed by atoms with E-state index >= 15 is 0 Å². The molecule has 1 aromatic carbocycles. The molecular weight excluding hydrogens is 365 g/mol. The number of hydrogen-bond acceptors (Lipinski definition) is 2. The lowest BCUT2D eigenvalue weighted by atomic mass is 10.0. The van der Waals surface area contributed by atoms with Crippen LogP contribution in [0.2, 0.25) is 0 Å². The molecule has 1 rings (SSSR count). The lowest BCUT2D eigenvalue weighted by Gasteiger charge is -2.39. The van der Waals surface area contributed by atoms with E-state index in [-0.39, 0.29) is 12.1 Å². The van der Waals surface area contributed by atoms with Crippen molar-refractivity contribution in [3.05, 3.63) is 30.3 Å². The summed E-state index contributed by atoms with van der Waals surface area (Å²) < 4.78 is 13.4. The number of hydrogen-bond donors (Lipinski definition) is 0. The number of rotatable bonds is 14. The van der Waals surface area contributed by atoms with Gasteiger partial charge in [-0.2, -0.15) is 0 Å². The molecule has 0 saturated heterocycles. The third kappa shape index (κ3) is 9.05. The average molecular weight is 409 g/mol. The fourth-order valence-electron chi connectivity index (χ4n) is 4.21. The van der Waals surface area contributed by atoms with Crippen LogP contribution in [0.15, 0.2) is 30.3 Å². The van der Waals surface area contributed by atoms with E-state index in [1.54, 1.807) is 0 Å². The molecular formula is C24H43NO2P+. The summed E-state index contributed by atoms with van der Waals surface area (Å²) in [7, 11) is -2.08. The van der Waals surface area contributed by atoms with Crippen molar-refractivity contribution in [2.45, 2.75) is 73.1 Å². The van der Waals surface area contributed by atoms with E-state index in [2.05, 4.69) is 34.6 Å². The van der Waals surface area contributed by atoms with Crippen molar-refractivity contribution in [2.24, 2.45) is 11.8 Å². The molecule has 0 fully saturated rings. The van der Waals surface area contributed by atoms with Crippen molar-refractivity contribution in [3.8, 4) is 0 Å². The molecule has 0 radical (unpaired) electrons. The summed E-state index contributed by atoms with van der Waals surface area (Å²) in [5, 5.41) is 0.826. The lowest BCUT2D eigenvalue weighted by molar-refractivity contribution is -0.860. The van der Waals surface area contributed by atoms with Crippen LogP contribution in [0.3, 0.4) is 0 Å². The summed E-state index contributed by atoms with van der Waals surface area (Å²) in [6.07, 6.45) is 7.58. The highest BCUT2D eigenvalue weighted by Gasteiger charge is 2.38. The molecule has 0 aliphatic heterocycles. The van der Waals surface area contributed by atoms with Gasteiger partial charge in [-0.1, -0.05) is 90.6 Å². The van der Waals surface area contributed by atoms with Gasteiger partial charge in [-0.05, 0) is 12.8 Å². The molecule has 0 aliphatic carbocycles. The Morgan fingerprint density at radius 2 is 1.43 bits per heavy atom. The molecule has 4 heteroatoms. The maximum absolute atomic E-state index is 13.5. The maximum Gasteiger partial charge on any atom is 0.321 e. The van der Waals surface area contributed by atoms with Gasteiger partial charge < -0.3 is 4.57 Å². The molecule has 0 aromatic heterocycles. The SMILES string of the molecule is CCCCCCCC[N+](CC(C)C)(CC(C)C)C(=O)C[PH](=O)c1ccccc1. The topological polar surface area (TPSA) is 34.1 Å². The Labute approximate surface area is 174 Å². The highest BCUT2D eigenvalue weighted by Crippen LogP contribution is 2.26. The first kappa shape index (κ1) is 25.1. The van der Waals surface area contributed by atoms with Crippen molar-refractivity contribution in [1.29, 1.82) is 0 Å². The van der Waals surface area contributed by atoms with E-state index in [0.717, 1.165) is 31.4 Å². The Hall–Kier alpha value is -0.920. The molecule has 0 aliphatic rings. The predicted octanol–water partition coefficient (Wildman–Crippen LogP) is 5.89. The molecule has 0 heterocycles. The molecule has 1 amide bonds. The minimum Gasteiger partial charge on any atom is -0.321 e. The van der Waals surface area contributed by atoms with Gasteiger partial charge in [-0.3, -0.25) is 4.48 Å². The van der Waals surface area contributed by atoms with Gasteiger partial charge in [0.25, 0.3) is 0 Å². The van der Waals surface area contributed by atoms with Gasteiger partial charge in [0.1, 0.15) is 14.0 Å². The molecule has 28 heavy (non-hydrogen) atoms. The van der Waals surface area contributed by atoms with Crippen molar-refractivity contribution < 1.29 is 13.8 Å². The number of carbonyl (C=O) groups is 1. The van der Waals surface area contributed by atoms with Crippen LogP contribution in [0, 0.1) is 11.8 Å². The van der Waals surface area contributed by atoms with Gasteiger partial charge in [0.2, 0.25) is 0 Å². The normalized spacial score (nSPS) is 13.2. The molecule has 1 atom stereocenters. The Morgan fingerprint density at radius 1 is 0.893 bits per heavy atom. The minimum absolute atomic E-state index is 0.184. The highest BCUT2D eigenvalue weighted by atomic mass is 31.1. The third-order valence-corrected chi connectivity index (χ3v) is 6.91. The van der Waals surface area contributed by atoms with Crippen molar-refractivity contribution in [1.82, 2.24) is 0 Å². The summed E-state index contributed by atoms with van der Waals surface area (Å²) in [6.45, 7) is 13.6. The number of amides is 1. The molecule has 0 bridgehead atoms. The summed E-state index contributed by atoms with van der Waals surface area (Å²) in [5.41, 5.74) is 0. The summed E-state index contributed by atoms with van der Waals surface area (Å²) >= 11 is 0. The first-order valence-electron chi connectivity index (χ1n) is 11.3. The first-order valence-corrected chi connectivity index (χ1v) is 12.9. The zero-order valence-electron chi connectivity index (χ0n) is 18.9. The Bertz CT molecular complexity index is 574. The maximum atomic E-state index is 13.5. The summed E-state index contributed by atoms with van der Waals surface area (Å²) in [4.78, 5) is 13.5. The number of carbonyl (C=O) groups excluding carboxylic acids is 1. The van der Waals surface area contributed by atoms with Crippen LogP contribution in [0.5, 0.6) is 0 Å². The van der Waals surface area contributed by atoms with E-state index in [1.165, 1.54) is 32.1 Å². The van der Waals surface area contributed by atoms with Gasteiger partial charge in [0, 0.05) is 17.1 Å². The van der Waals surface area contributed by atoms with E-state index in [1.807, 2.05) is 30.3 Å².